The highest BCUT2D eigenvalue weighted by molar-refractivity contribution is 5.98. The monoisotopic (exact) mass is 442 g/mol. The number of fused-ring (bicyclic) bond motifs is 1. The van der Waals surface area contributed by atoms with E-state index in [4.69, 9.17) is 23.7 Å². The van der Waals surface area contributed by atoms with Gasteiger partial charge in [0.1, 0.15) is 17.2 Å². The summed E-state index contributed by atoms with van der Waals surface area (Å²) in [5, 5.41) is 3.46. The van der Waals surface area contributed by atoms with Crippen LogP contribution in [0.1, 0.15) is 16.1 Å². The normalized spacial score (nSPS) is 10.5. The number of rotatable bonds is 10. The number of aromatic nitrogens is 1. The quantitative estimate of drug-likeness (QED) is 0.465. The second-order valence-corrected chi connectivity index (χ2v) is 6.84. The van der Waals surface area contributed by atoms with E-state index in [9.17, 15) is 9.59 Å². The van der Waals surface area contributed by atoms with E-state index in [0.717, 1.165) is 10.9 Å². The Morgan fingerprint density at radius 2 is 1.62 bits per heavy atom. The maximum absolute atomic E-state index is 12.4. The molecule has 1 amide bonds. The zero-order chi connectivity index (χ0) is 23.1. The fourth-order valence-electron chi connectivity index (χ4n) is 3.22. The Bertz CT molecular complexity index is 1110. The highest BCUT2D eigenvalue weighted by atomic mass is 16.5. The molecule has 0 spiro atoms. The summed E-state index contributed by atoms with van der Waals surface area (Å²) in [4.78, 5) is 27.4. The zero-order valence-corrected chi connectivity index (χ0v) is 18.4. The first-order valence-corrected chi connectivity index (χ1v) is 9.88. The molecule has 0 unspecified atom stereocenters. The Hall–Kier alpha value is -3.88. The van der Waals surface area contributed by atoms with Crippen LogP contribution in [0.3, 0.4) is 0 Å². The van der Waals surface area contributed by atoms with Crippen molar-refractivity contribution in [2.45, 2.75) is 6.42 Å². The van der Waals surface area contributed by atoms with Gasteiger partial charge in [0.15, 0.2) is 18.1 Å². The highest BCUT2D eigenvalue weighted by Crippen LogP contribution is 2.31. The first-order valence-electron chi connectivity index (χ1n) is 9.88. The maximum atomic E-state index is 12.4. The molecule has 2 aromatic carbocycles. The fraction of sp³-hybridized carbons (Fsp3) is 0.304. The smallest absolute Gasteiger partial charge is 0.355 e. The molecule has 3 rings (SSSR count). The molecule has 0 aliphatic carbocycles. The molecule has 0 fully saturated rings. The highest BCUT2D eigenvalue weighted by Gasteiger charge is 2.16. The lowest BCUT2D eigenvalue weighted by atomic mass is 10.1. The minimum absolute atomic E-state index is 0.213. The van der Waals surface area contributed by atoms with Crippen molar-refractivity contribution < 1.29 is 33.3 Å². The summed E-state index contributed by atoms with van der Waals surface area (Å²) < 4.78 is 26.2. The van der Waals surface area contributed by atoms with Crippen LogP contribution in [-0.4, -0.2) is 58.5 Å². The molecule has 0 bridgehead atoms. The van der Waals surface area contributed by atoms with Crippen LogP contribution in [-0.2, 0) is 16.0 Å². The molecular weight excluding hydrogens is 416 g/mol. The largest absolute Gasteiger partial charge is 0.497 e. The van der Waals surface area contributed by atoms with Crippen LogP contribution in [0.2, 0.25) is 0 Å². The van der Waals surface area contributed by atoms with Gasteiger partial charge in [-0.05, 0) is 36.2 Å². The van der Waals surface area contributed by atoms with E-state index in [1.54, 1.807) is 39.5 Å². The van der Waals surface area contributed by atoms with E-state index in [-0.39, 0.29) is 12.3 Å². The molecule has 1 heterocycles. The van der Waals surface area contributed by atoms with Gasteiger partial charge < -0.3 is 34.0 Å². The van der Waals surface area contributed by atoms with Crippen LogP contribution >= 0.6 is 0 Å². The number of hydrogen-bond acceptors (Lipinski definition) is 7. The van der Waals surface area contributed by atoms with Gasteiger partial charge >= 0.3 is 5.97 Å². The van der Waals surface area contributed by atoms with Gasteiger partial charge in [0.2, 0.25) is 0 Å². The average molecular weight is 442 g/mol. The molecule has 0 saturated heterocycles. The fourth-order valence-corrected chi connectivity index (χ4v) is 3.22. The molecule has 9 nitrogen and oxygen atoms in total. The number of carbonyl (C=O) groups is 2. The summed E-state index contributed by atoms with van der Waals surface area (Å²) >= 11 is 0. The van der Waals surface area contributed by atoms with E-state index in [0.29, 0.717) is 41.5 Å². The van der Waals surface area contributed by atoms with E-state index in [2.05, 4.69) is 10.3 Å². The second kappa shape index (κ2) is 10.4. The molecule has 170 valence electrons. The summed E-state index contributed by atoms with van der Waals surface area (Å²) in [5.41, 5.74) is 1.83. The molecule has 9 heteroatoms. The van der Waals surface area contributed by atoms with Crippen molar-refractivity contribution in [1.29, 1.82) is 0 Å². The molecule has 0 radical (unpaired) electrons. The van der Waals surface area contributed by atoms with Gasteiger partial charge in [0.25, 0.3) is 5.91 Å². The SMILES string of the molecule is COc1cc(OC)c2[nH]c(C(=O)OCC(=O)NCCc3ccc(OC)c(OC)c3)cc2c1. The van der Waals surface area contributed by atoms with Crippen molar-refractivity contribution in [2.24, 2.45) is 0 Å². The van der Waals surface area contributed by atoms with Crippen molar-refractivity contribution >= 4 is 22.8 Å². The Morgan fingerprint density at radius 1 is 0.875 bits per heavy atom. The van der Waals surface area contributed by atoms with Crippen LogP contribution in [0.5, 0.6) is 23.0 Å². The molecule has 2 N–H and O–H groups in total. The Labute approximate surface area is 185 Å². The summed E-state index contributed by atoms with van der Waals surface area (Å²) in [6, 6.07) is 10.7. The van der Waals surface area contributed by atoms with Crippen molar-refractivity contribution in [2.75, 3.05) is 41.6 Å². The number of nitrogens with one attached hydrogen (secondary N) is 2. The first-order chi connectivity index (χ1) is 15.5. The summed E-state index contributed by atoms with van der Waals surface area (Å²) in [7, 11) is 6.21. The predicted molar refractivity (Wildman–Crippen MR) is 118 cm³/mol. The van der Waals surface area contributed by atoms with Gasteiger partial charge in [0.05, 0.1) is 34.0 Å². The van der Waals surface area contributed by atoms with Crippen LogP contribution in [0, 0.1) is 0 Å². The Kier molecular flexibility index (Phi) is 7.43. The molecule has 3 aromatic rings. The molecule has 0 saturated carbocycles. The molecule has 1 aromatic heterocycles. The average Bonchev–Trinajstić information content (AvgIpc) is 3.26. The van der Waals surface area contributed by atoms with Crippen LogP contribution in [0.15, 0.2) is 36.4 Å². The minimum atomic E-state index is -0.641. The van der Waals surface area contributed by atoms with E-state index in [1.807, 2.05) is 18.2 Å². The lowest BCUT2D eigenvalue weighted by Gasteiger charge is -2.10. The summed E-state index contributed by atoms with van der Waals surface area (Å²) in [5.74, 6) is 1.36. The first kappa shape index (κ1) is 22.8. The summed E-state index contributed by atoms with van der Waals surface area (Å²) in [6.45, 7) is -0.00413. The molecule has 0 atom stereocenters. The number of H-pyrrole nitrogens is 1. The predicted octanol–water partition coefficient (Wildman–Crippen LogP) is 2.72. The third-order valence-corrected chi connectivity index (χ3v) is 4.86. The van der Waals surface area contributed by atoms with Crippen LogP contribution < -0.4 is 24.3 Å². The number of methoxy groups -OCH3 is 4. The van der Waals surface area contributed by atoms with Gasteiger partial charge in [-0.15, -0.1) is 0 Å². The van der Waals surface area contributed by atoms with Gasteiger partial charge in [-0.1, -0.05) is 6.07 Å². The van der Waals surface area contributed by atoms with Crippen LogP contribution in [0.4, 0.5) is 0 Å². The topological polar surface area (TPSA) is 108 Å². The lowest BCUT2D eigenvalue weighted by Crippen LogP contribution is -2.30. The standard InChI is InChI=1S/C23H26N2O7/c1-28-16-10-15-11-17(25-22(15)20(12-16)31-4)23(27)32-13-21(26)24-8-7-14-5-6-18(29-2)19(9-14)30-3/h5-6,9-12,25H,7-8,13H2,1-4H3,(H,24,26). The number of hydrogen-bond donors (Lipinski definition) is 2. The molecule has 32 heavy (non-hydrogen) atoms. The molecule has 0 aliphatic heterocycles. The van der Waals surface area contributed by atoms with Crippen molar-refractivity contribution in [1.82, 2.24) is 10.3 Å². The van der Waals surface area contributed by atoms with Crippen molar-refractivity contribution in [3.8, 4) is 23.0 Å². The molecule has 0 aliphatic rings. The lowest BCUT2D eigenvalue weighted by molar-refractivity contribution is -0.124. The van der Waals surface area contributed by atoms with E-state index in [1.165, 1.54) is 7.11 Å². The van der Waals surface area contributed by atoms with Gasteiger partial charge in [-0.25, -0.2) is 4.79 Å². The number of amides is 1. The second-order valence-electron chi connectivity index (χ2n) is 6.84. The Morgan fingerprint density at radius 3 is 2.31 bits per heavy atom. The number of aromatic amines is 1. The van der Waals surface area contributed by atoms with E-state index < -0.39 is 11.9 Å². The van der Waals surface area contributed by atoms with Crippen molar-refractivity contribution in [3.05, 3.63) is 47.7 Å². The van der Waals surface area contributed by atoms with Gasteiger partial charge in [-0.3, -0.25) is 4.79 Å². The zero-order valence-electron chi connectivity index (χ0n) is 18.4. The van der Waals surface area contributed by atoms with Crippen molar-refractivity contribution in [3.63, 3.8) is 0 Å². The third kappa shape index (κ3) is 5.23. The van der Waals surface area contributed by atoms with Gasteiger partial charge in [0, 0.05) is 18.0 Å². The number of ether oxygens (including phenoxy) is 5. The van der Waals surface area contributed by atoms with Crippen LogP contribution in [0.25, 0.3) is 10.9 Å². The van der Waals surface area contributed by atoms with Gasteiger partial charge in [-0.2, -0.15) is 0 Å². The van der Waals surface area contributed by atoms with E-state index >= 15 is 0 Å². The Balaban J connectivity index is 1.52. The maximum Gasteiger partial charge on any atom is 0.355 e. The number of carbonyl (C=O) groups excluding carboxylic acids is 2. The summed E-state index contributed by atoms with van der Waals surface area (Å²) in [6.07, 6.45) is 0.587. The number of esters is 1. The third-order valence-electron chi connectivity index (χ3n) is 4.86. The minimum Gasteiger partial charge on any atom is -0.497 e. The number of benzene rings is 2. The molecular formula is C23H26N2O7.